The van der Waals surface area contributed by atoms with Crippen LogP contribution in [0.15, 0.2) is 42.7 Å². The minimum absolute atomic E-state index is 0.219. The van der Waals surface area contributed by atoms with Crippen molar-refractivity contribution in [3.8, 4) is 0 Å². The van der Waals surface area contributed by atoms with E-state index in [-0.39, 0.29) is 12.5 Å². The fraction of sp³-hybridized carbons (Fsp3) is 0.294. The van der Waals surface area contributed by atoms with Gasteiger partial charge in [0.15, 0.2) is 6.61 Å². The molecule has 8 heteroatoms. The van der Waals surface area contributed by atoms with Crippen LogP contribution in [0.2, 0.25) is 5.02 Å². The van der Waals surface area contributed by atoms with Crippen molar-refractivity contribution in [2.24, 2.45) is 0 Å². The second kappa shape index (κ2) is 7.94. The summed E-state index contributed by atoms with van der Waals surface area (Å²) in [5, 5.41) is 0.444. The molecule has 1 saturated heterocycles. The smallest absolute Gasteiger partial charge is 0.338 e. The Morgan fingerprint density at radius 3 is 2.48 bits per heavy atom. The highest BCUT2D eigenvalue weighted by atomic mass is 35.5. The first-order valence-electron chi connectivity index (χ1n) is 7.86. The van der Waals surface area contributed by atoms with Crippen LogP contribution in [0.5, 0.6) is 0 Å². The Labute approximate surface area is 150 Å². The summed E-state index contributed by atoms with van der Waals surface area (Å²) in [6.45, 7) is 2.06. The fourth-order valence-corrected chi connectivity index (χ4v) is 2.72. The first-order chi connectivity index (χ1) is 12.1. The van der Waals surface area contributed by atoms with E-state index in [1.54, 1.807) is 41.6 Å². The van der Waals surface area contributed by atoms with Crippen LogP contribution in [0.4, 0.5) is 5.95 Å². The maximum absolute atomic E-state index is 12.2. The summed E-state index contributed by atoms with van der Waals surface area (Å²) in [6, 6.07) is 8.19. The average Bonchev–Trinajstić information content (AvgIpc) is 2.66. The zero-order valence-electron chi connectivity index (χ0n) is 13.5. The van der Waals surface area contributed by atoms with E-state index >= 15 is 0 Å². The monoisotopic (exact) mass is 360 g/mol. The molecule has 0 aliphatic carbocycles. The molecule has 3 rings (SSSR count). The van der Waals surface area contributed by atoms with Gasteiger partial charge in [-0.25, -0.2) is 14.8 Å². The molecule has 130 valence electrons. The van der Waals surface area contributed by atoms with E-state index in [9.17, 15) is 9.59 Å². The average molecular weight is 361 g/mol. The van der Waals surface area contributed by atoms with Gasteiger partial charge in [-0.3, -0.25) is 4.79 Å². The van der Waals surface area contributed by atoms with Crippen LogP contribution < -0.4 is 4.90 Å². The van der Waals surface area contributed by atoms with Crippen molar-refractivity contribution < 1.29 is 14.3 Å². The van der Waals surface area contributed by atoms with Crippen LogP contribution in [-0.2, 0) is 9.53 Å². The third-order valence-corrected chi connectivity index (χ3v) is 4.09. The molecule has 1 fully saturated rings. The first kappa shape index (κ1) is 17.2. The molecule has 0 saturated carbocycles. The Morgan fingerprint density at radius 1 is 1.08 bits per heavy atom. The summed E-state index contributed by atoms with van der Waals surface area (Å²) < 4.78 is 5.08. The summed E-state index contributed by atoms with van der Waals surface area (Å²) in [6.07, 6.45) is 3.38. The number of esters is 1. The predicted octanol–water partition coefficient (Wildman–Crippen LogP) is 1.64. The highest BCUT2D eigenvalue weighted by Crippen LogP contribution is 2.12. The molecule has 0 atom stereocenters. The van der Waals surface area contributed by atoms with Crippen LogP contribution in [0.3, 0.4) is 0 Å². The van der Waals surface area contributed by atoms with Gasteiger partial charge in [0.1, 0.15) is 0 Å². The molecule has 0 N–H and O–H groups in total. The summed E-state index contributed by atoms with van der Waals surface area (Å²) in [5.41, 5.74) is 0.325. The number of ether oxygens (including phenoxy) is 1. The van der Waals surface area contributed by atoms with E-state index in [0.717, 1.165) is 0 Å². The van der Waals surface area contributed by atoms with Gasteiger partial charge in [0.2, 0.25) is 5.95 Å². The van der Waals surface area contributed by atoms with E-state index in [1.165, 1.54) is 6.07 Å². The minimum Gasteiger partial charge on any atom is -0.452 e. The van der Waals surface area contributed by atoms with Gasteiger partial charge in [-0.05, 0) is 24.3 Å². The van der Waals surface area contributed by atoms with Gasteiger partial charge in [0, 0.05) is 43.6 Å². The quantitative estimate of drug-likeness (QED) is 0.771. The minimum atomic E-state index is -0.563. The largest absolute Gasteiger partial charge is 0.452 e. The number of amides is 1. The fourth-order valence-electron chi connectivity index (χ4n) is 2.53. The Morgan fingerprint density at radius 2 is 1.80 bits per heavy atom. The summed E-state index contributed by atoms with van der Waals surface area (Å²) >= 11 is 5.84. The summed E-state index contributed by atoms with van der Waals surface area (Å²) in [4.78, 5) is 36.3. The molecule has 2 heterocycles. The first-order valence-corrected chi connectivity index (χ1v) is 8.24. The zero-order valence-corrected chi connectivity index (χ0v) is 14.2. The van der Waals surface area contributed by atoms with Crippen LogP contribution in [0.25, 0.3) is 0 Å². The van der Waals surface area contributed by atoms with E-state index in [2.05, 4.69) is 9.97 Å². The predicted molar refractivity (Wildman–Crippen MR) is 92.6 cm³/mol. The van der Waals surface area contributed by atoms with Crippen molar-refractivity contribution in [2.75, 3.05) is 37.7 Å². The maximum Gasteiger partial charge on any atom is 0.338 e. The number of halogens is 1. The lowest BCUT2D eigenvalue weighted by molar-refractivity contribution is -0.134. The van der Waals surface area contributed by atoms with Gasteiger partial charge >= 0.3 is 5.97 Å². The molecule has 1 aromatic carbocycles. The van der Waals surface area contributed by atoms with Gasteiger partial charge in [0.25, 0.3) is 5.91 Å². The lowest BCUT2D eigenvalue weighted by Gasteiger charge is -2.34. The van der Waals surface area contributed by atoms with Gasteiger partial charge < -0.3 is 14.5 Å². The number of carbonyl (C=O) groups excluding carboxylic acids is 2. The number of rotatable bonds is 4. The molecule has 2 aromatic rings. The third kappa shape index (κ3) is 4.45. The standard InChI is InChI=1S/C17H17ClN4O3/c18-14-4-1-3-13(11-14)16(24)25-12-15(23)21-7-9-22(10-8-21)17-19-5-2-6-20-17/h1-6,11H,7-10,12H2. The van der Waals surface area contributed by atoms with Crippen LogP contribution in [0.1, 0.15) is 10.4 Å². The number of nitrogens with zero attached hydrogens (tertiary/aromatic N) is 4. The van der Waals surface area contributed by atoms with Gasteiger partial charge in [0.05, 0.1) is 5.56 Å². The molecular formula is C17H17ClN4O3. The number of anilines is 1. The molecule has 0 bridgehead atoms. The van der Waals surface area contributed by atoms with Crippen molar-refractivity contribution in [1.29, 1.82) is 0 Å². The molecule has 1 amide bonds. The van der Waals surface area contributed by atoms with E-state index < -0.39 is 5.97 Å². The Bertz CT molecular complexity index is 749. The molecule has 0 unspecified atom stereocenters. The Kier molecular flexibility index (Phi) is 5.45. The highest BCUT2D eigenvalue weighted by molar-refractivity contribution is 6.30. The second-order valence-electron chi connectivity index (χ2n) is 5.50. The van der Waals surface area contributed by atoms with Crippen molar-refractivity contribution in [1.82, 2.24) is 14.9 Å². The van der Waals surface area contributed by atoms with Gasteiger partial charge in [-0.1, -0.05) is 17.7 Å². The van der Waals surface area contributed by atoms with Crippen LogP contribution in [-0.4, -0.2) is 59.5 Å². The van der Waals surface area contributed by atoms with Crippen molar-refractivity contribution in [3.63, 3.8) is 0 Å². The third-order valence-electron chi connectivity index (χ3n) is 3.85. The zero-order chi connectivity index (χ0) is 17.6. The topological polar surface area (TPSA) is 75.6 Å². The molecule has 25 heavy (non-hydrogen) atoms. The maximum atomic E-state index is 12.2. The molecule has 1 aromatic heterocycles. The van der Waals surface area contributed by atoms with E-state index in [1.807, 2.05) is 4.90 Å². The van der Waals surface area contributed by atoms with Crippen molar-refractivity contribution in [2.45, 2.75) is 0 Å². The number of benzene rings is 1. The summed E-state index contributed by atoms with van der Waals surface area (Å²) in [7, 11) is 0. The molecule has 1 aliphatic rings. The molecule has 7 nitrogen and oxygen atoms in total. The number of piperazine rings is 1. The molecule has 0 radical (unpaired) electrons. The lowest BCUT2D eigenvalue weighted by Crippen LogP contribution is -2.50. The second-order valence-corrected chi connectivity index (χ2v) is 5.94. The number of carbonyl (C=O) groups is 2. The van der Waals surface area contributed by atoms with Crippen LogP contribution in [0, 0.1) is 0 Å². The van der Waals surface area contributed by atoms with Crippen molar-refractivity contribution >= 4 is 29.4 Å². The Balaban J connectivity index is 1.47. The normalized spacial score (nSPS) is 14.3. The lowest BCUT2D eigenvalue weighted by atomic mass is 10.2. The van der Waals surface area contributed by atoms with Gasteiger partial charge in [-0.2, -0.15) is 0 Å². The van der Waals surface area contributed by atoms with Gasteiger partial charge in [-0.15, -0.1) is 0 Å². The number of hydrogen-bond donors (Lipinski definition) is 0. The van der Waals surface area contributed by atoms with Crippen molar-refractivity contribution in [3.05, 3.63) is 53.3 Å². The van der Waals surface area contributed by atoms with Crippen LogP contribution >= 0.6 is 11.6 Å². The number of aromatic nitrogens is 2. The van der Waals surface area contributed by atoms with E-state index in [4.69, 9.17) is 16.3 Å². The molecule has 0 spiro atoms. The number of hydrogen-bond acceptors (Lipinski definition) is 6. The molecular weight excluding hydrogens is 344 g/mol. The highest BCUT2D eigenvalue weighted by Gasteiger charge is 2.23. The summed E-state index contributed by atoms with van der Waals surface area (Å²) in [5.74, 6) is -0.127. The van der Waals surface area contributed by atoms with E-state index in [0.29, 0.717) is 42.7 Å². The SMILES string of the molecule is O=C(OCC(=O)N1CCN(c2ncccn2)CC1)c1cccc(Cl)c1. The Hall–Kier alpha value is -2.67. The molecule has 1 aliphatic heterocycles.